The molecular weight excluding hydrogens is 370 g/mol. The van der Waals surface area contributed by atoms with Crippen molar-refractivity contribution >= 4 is 21.9 Å². The molecule has 7 nitrogen and oxygen atoms in total. The molecule has 0 aliphatic heterocycles. The first kappa shape index (κ1) is 18.9. The van der Waals surface area contributed by atoms with Gasteiger partial charge in [0.2, 0.25) is 0 Å². The number of H-pyrrole nitrogens is 1. The minimum atomic E-state index is -0.0929. The van der Waals surface area contributed by atoms with Crippen LogP contribution in [-0.4, -0.2) is 35.4 Å². The van der Waals surface area contributed by atoms with Crippen LogP contribution >= 0.6 is 0 Å². The molecule has 0 unspecified atom stereocenters. The first-order valence-electron chi connectivity index (χ1n) is 9.49. The topological polar surface area (TPSA) is 78.4 Å². The van der Waals surface area contributed by atoms with Crippen molar-refractivity contribution in [2.75, 3.05) is 20.8 Å². The maximum atomic E-state index is 13.0. The Balaban J connectivity index is 1.64. The summed E-state index contributed by atoms with van der Waals surface area (Å²) in [5.74, 6) is 2.12. The highest BCUT2D eigenvalue weighted by Crippen LogP contribution is 2.28. The normalized spacial score (nSPS) is 11.1. The van der Waals surface area contributed by atoms with Crippen molar-refractivity contribution in [2.45, 2.75) is 19.9 Å². The lowest BCUT2D eigenvalue weighted by atomic mass is 10.1. The second-order valence-electron chi connectivity index (χ2n) is 6.67. The van der Waals surface area contributed by atoms with E-state index in [1.807, 2.05) is 43.3 Å². The van der Waals surface area contributed by atoms with Gasteiger partial charge >= 0.3 is 0 Å². The maximum absolute atomic E-state index is 13.0. The number of nitrogens with one attached hydrogen (secondary N) is 1. The van der Waals surface area contributed by atoms with E-state index >= 15 is 0 Å². The highest BCUT2D eigenvalue weighted by Gasteiger charge is 2.12. The number of aryl methyl sites for hydroxylation is 2. The van der Waals surface area contributed by atoms with Gasteiger partial charge in [0.1, 0.15) is 16.8 Å². The first-order chi connectivity index (χ1) is 14.1. The fraction of sp³-hybridized carbons (Fsp3) is 0.273. The van der Waals surface area contributed by atoms with Gasteiger partial charge in [0.05, 0.1) is 27.2 Å². The summed E-state index contributed by atoms with van der Waals surface area (Å²) in [6.07, 6.45) is 2.27. The van der Waals surface area contributed by atoms with Gasteiger partial charge in [-0.15, -0.1) is 0 Å². The van der Waals surface area contributed by atoms with Crippen molar-refractivity contribution in [3.8, 4) is 17.2 Å². The van der Waals surface area contributed by atoms with Gasteiger partial charge < -0.3 is 19.2 Å². The molecule has 4 rings (SSSR count). The standard InChI is InChI=1S/C22H23N3O4/c1-4-29-15-6-7-17-16(12-15)20-21(24-17)22(26)25(13-23-20)10-9-14-5-8-18(27-2)19(11-14)28-3/h5-8,11-13,24H,4,9-10H2,1-3H3. The molecule has 0 atom stereocenters. The quantitative estimate of drug-likeness (QED) is 0.520. The lowest BCUT2D eigenvalue weighted by Crippen LogP contribution is -2.21. The van der Waals surface area contributed by atoms with Crippen LogP contribution in [0.3, 0.4) is 0 Å². The summed E-state index contributed by atoms with van der Waals surface area (Å²) in [5, 5.41) is 0.884. The zero-order chi connectivity index (χ0) is 20.4. The van der Waals surface area contributed by atoms with E-state index in [2.05, 4.69) is 9.97 Å². The van der Waals surface area contributed by atoms with Crippen LogP contribution in [-0.2, 0) is 13.0 Å². The predicted molar refractivity (Wildman–Crippen MR) is 112 cm³/mol. The molecular formula is C22H23N3O4. The molecule has 0 aliphatic carbocycles. The Morgan fingerprint density at radius 1 is 1.07 bits per heavy atom. The van der Waals surface area contributed by atoms with Crippen molar-refractivity contribution in [1.29, 1.82) is 0 Å². The molecule has 29 heavy (non-hydrogen) atoms. The molecule has 0 bridgehead atoms. The SMILES string of the molecule is CCOc1ccc2[nH]c3c(=O)n(CCc4ccc(OC)c(OC)c4)cnc3c2c1. The third-order valence-corrected chi connectivity index (χ3v) is 4.94. The number of methoxy groups -OCH3 is 2. The van der Waals surface area contributed by atoms with Crippen LogP contribution in [0.2, 0.25) is 0 Å². The summed E-state index contributed by atoms with van der Waals surface area (Å²) in [7, 11) is 3.21. The second kappa shape index (κ2) is 7.87. The molecule has 0 aliphatic rings. The largest absolute Gasteiger partial charge is 0.494 e. The Kier molecular flexibility index (Phi) is 5.12. The number of aromatic nitrogens is 3. The molecule has 0 saturated carbocycles. The molecule has 150 valence electrons. The summed E-state index contributed by atoms with van der Waals surface area (Å²) < 4.78 is 17.8. The van der Waals surface area contributed by atoms with Crippen molar-refractivity contribution < 1.29 is 14.2 Å². The number of hydrogen-bond donors (Lipinski definition) is 1. The molecule has 0 saturated heterocycles. The van der Waals surface area contributed by atoms with Crippen LogP contribution < -0.4 is 19.8 Å². The molecule has 0 radical (unpaired) electrons. The van der Waals surface area contributed by atoms with E-state index in [4.69, 9.17) is 14.2 Å². The van der Waals surface area contributed by atoms with Gasteiger partial charge in [-0.3, -0.25) is 9.36 Å². The van der Waals surface area contributed by atoms with Crippen LogP contribution in [0, 0.1) is 0 Å². The second-order valence-corrected chi connectivity index (χ2v) is 6.67. The molecule has 1 N–H and O–H groups in total. The van der Waals surface area contributed by atoms with Crippen LogP contribution in [0.4, 0.5) is 0 Å². The number of benzene rings is 2. The molecule has 4 aromatic rings. The zero-order valence-electron chi connectivity index (χ0n) is 16.7. The summed E-state index contributed by atoms with van der Waals surface area (Å²) in [5.41, 5.74) is 2.99. The minimum absolute atomic E-state index is 0.0929. The lowest BCUT2D eigenvalue weighted by molar-refractivity contribution is 0.341. The van der Waals surface area contributed by atoms with Gasteiger partial charge in [-0.1, -0.05) is 6.07 Å². The number of ether oxygens (including phenoxy) is 3. The predicted octanol–water partition coefficient (Wildman–Crippen LogP) is 3.54. The van der Waals surface area contributed by atoms with Crippen molar-refractivity contribution in [3.05, 3.63) is 58.6 Å². The first-order valence-corrected chi connectivity index (χ1v) is 9.49. The van der Waals surface area contributed by atoms with E-state index in [0.717, 1.165) is 22.2 Å². The van der Waals surface area contributed by atoms with Crippen LogP contribution in [0.15, 0.2) is 47.5 Å². The number of rotatable bonds is 7. The molecule has 0 fully saturated rings. The monoisotopic (exact) mass is 393 g/mol. The number of aromatic amines is 1. The van der Waals surface area contributed by atoms with Crippen molar-refractivity contribution in [1.82, 2.24) is 14.5 Å². The smallest absolute Gasteiger partial charge is 0.277 e. The summed E-state index contributed by atoms with van der Waals surface area (Å²) in [6.45, 7) is 3.04. The average Bonchev–Trinajstić information content (AvgIpc) is 3.12. The average molecular weight is 393 g/mol. The van der Waals surface area contributed by atoms with Gasteiger partial charge in [0, 0.05) is 17.4 Å². The van der Waals surface area contributed by atoms with E-state index in [0.29, 0.717) is 42.1 Å². The van der Waals surface area contributed by atoms with E-state index in [-0.39, 0.29) is 5.56 Å². The third-order valence-electron chi connectivity index (χ3n) is 4.94. The molecule has 7 heteroatoms. The number of hydrogen-bond acceptors (Lipinski definition) is 5. The van der Waals surface area contributed by atoms with E-state index in [1.54, 1.807) is 25.1 Å². The number of nitrogens with zero attached hydrogens (tertiary/aromatic N) is 2. The Hall–Kier alpha value is -3.48. The van der Waals surface area contributed by atoms with Gasteiger partial charge in [0.15, 0.2) is 11.5 Å². The Bertz CT molecular complexity index is 1230. The van der Waals surface area contributed by atoms with Crippen LogP contribution in [0.25, 0.3) is 21.9 Å². The van der Waals surface area contributed by atoms with Crippen LogP contribution in [0.5, 0.6) is 17.2 Å². The highest BCUT2D eigenvalue weighted by molar-refractivity contribution is 6.04. The minimum Gasteiger partial charge on any atom is -0.494 e. The fourth-order valence-electron chi connectivity index (χ4n) is 3.47. The van der Waals surface area contributed by atoms with Gasteiger partial charge in [-0.25, -0.2) is 4.98 Å². The van der Waals surface area contributed by atoms with E-state index in [1.165, 1.54) is 0 Å². The molecule has 2 aromatic carbocycles. The van der Waals surface area contributed by atoms with Gasteiger partial charge in [-0.2, -0.15) is 0 Å². The summed E-state index contributed by atoms with van der Waals surface area (Å²) in [4.78, 5) is 20.7. The summed E-state index contributed by atoms with van der Waals surface area (Å²) in [6, 6.07) is 11.5. The highest BCUT2D eigenvalue weighted by atomic mass is 16.5. The van der Waals surface area contributed by atoms with Crippen molar-refractivity contribution in [3.63, 3.8) is 0 Å². The molecule has 2 heterocycles. The maximum Gasteiger partial charge on any atom is 0.277 e. The Morgan fingerprint density at radius 2 is 1.90 bits per heavy atom. The third kappa shape index (κ3) is 3.51. The summed E-state index contributed by atoms with van der Waals surface area (Å²) >= 11 is 0. The molecule has 0 spiro atoms. The van der Waals surface area contributed by atoms with E-state index in [9.17, 15) is 4.79 Å². The van der Waals surface area contributed by atoms with Gasteiger partial charge in [0.25, 0.3) is 5.56 Å². The lowest BCUT2D eigenvalue weighted by Gasteiger charge is -2.10. The zero-order valence-corrected chi connectivity index (χ0v) is 16.7. The van der Waals surface area contributed by atoms with E-state index < -0.39 is 0 Å². The van der Waals surface area contributed by atoms with Crippen molar-refractivity contribution in [2.24, 2.45) is 0 Å². The Morgan fingerprint density at radius 3 is 2.66 bits per heavy atom. The number of fused-ring (bicyclic) bond motifs is 3. The fourth-order valence-corrected chi connectivity index (χ4v) is 3.47. The Labute approximate surface area is 167 Å². The molecule has 2 aromatic heterocycles. The van der Waals surface area contributed by atoms with Crippen LogP contribution in [0.1, 0.15) is 12.5 Å². The molecule has 0 amide bonds. The van der Waals surface area contributed by atoms with Gasteiger partial charge in [-0.05, 0) is 49.2 Å².